The minimum Gasteiger partial charge on any atom is -0.0654 e. The number of hydrogen-bond acceptors (Lipinski definition) is 0. The van der Waals surface area contributed by atoms with Gasteiger partial charge in [-0.25, -0.2) is 0 Å². The van der Waals surface area contributed by atoms with Gasteiger partial charge in [0, 0.05) is 5.92 Å². The van der Waals surface area contributed by atoms with Crippen LogP contribution in [0, 0.1) is 19.8 Å². The Kier molecular flexibility index (Phi) is 5.00. The van der Waals surface area contributed by atoms with Crippen molar-refractivity contribution in [3.63, 3.8) is 0 Å². The van der Waals surface area contributed by atoms with E-state index in [4.69, 9.17) is 0 Å². The van der Waals surface area contributed by atoms with Gasteiger partial charge in [-0.2, -0.15) is 0 Å². The molecular formula is C20H26. The van der Waals surface area contributed by atoms with Gasteiger partial charge in [0.1, 0.15) is 0 Å². The topological polar surface area (TPSA) is 0 Å². The number of rotatable bonds is 5. The Morgan fingerprint density at radius 2 is 1.55 bits per heavy atom. The quantitative estimate of drug-likeness (QED) is 0.634. The van der Waals surface area contributed by atoms with Crippen molar-refractivity contribution in [1.29, 1.82) is 0 Å². The Hall–Kier alpha value is -1.56. The lowest BCUT2D eigenvalue weighted by Crippen LogP contribution is -2.13. The molecule has 0 heterocycles. The first-order valence-corrected chi connectivity index (χ1v) is 7.75. The zero-order valence-corrected chi connectivity index (χ0v) is 13.2. The van der Waals surface area contributed by atoms with Crippen LogP contribution in [-0.4, -0.2) is 0 Å². The molecule has 0 aromatic heterocycles. The maximum Gasteiger partial charge on any atom is 0.0118 e. The molecule has 20 heavy (non-hydrogen) atoms. The predicted octanol–water partition coefficient (Wildman–Crippen LogP) is 5.87. The third kappa shape index (κ3) is 3.30. The van der Waals surface area contributed by atoms with Crippen molar-refractivity contribution >= 4 is 0 Å². The maximum atomic E-state index is 2.39. The van der Waals surface area contributed by atoms with E-state index in [9.17, 15) is 0 Å². The minimum atomic E-state index is 0.511. The van der Waals surface area contributed by atoms with Crippen LogP contribution in [0.5, 0.6) is 0 Å². The fraction of sp³-hybridized carbons (Fsp3) is 0.400. The second-order valence-electron chi connectivity index (χ2n) is 6.01. The van der Waals surface area contributed by atoms with Crippen molar-refractivity contribution in [1.82, 2.24) is 0 Å². The van der Waals surface area contributed by atoms with E-state index >= 15 is 0 Å². The second kappa shape index (κ2) is 6.74. The normalized spacial score (nSPS) is 14.0. The van der Waals surface area contributed by atoms with E-state index in [0.717, 1.165) is 0 Å². The van der Waals surface area contributed by atoms with Gasteiger partial charge in [0.15, 0.2) is 0 Å². The molecule has 0 spiro atoms. The first kappa shape index (κ1) is 14.8. The lowest BCUT2D eigenvalue weighted by atomic mass is 9.78. The summed E-state index contributed by atoms with van der Waals surface area (Å²) in [5.74, 6) is 1.18. The van der Waals surface area contributed by atoms with E-state index in [-0.39, 0.29) is 0 Å². The average Bonchev–Trinajstić information content (AvgIpc) is 2.44. The van der Waals surface area contributed by atoms with Crippen molar-refractivity contribution in [2.24, 2.45) is 5.92 Å². The fourth-order valence-corrected chi connectivity index (χ4v) is 3.15. The molecule has 0 N–H and O–H groups in total. The number of aryl methyl sites for hydroxylation is 2. The molecule has 0 radical (unpaired) electrons. The molecule has 0 fully saturated rings. The van der Waals surface area contributed by atoms with E-state index < -0.39 is 0 Å². The van der Waals surface area contributed by atoms with Crippen LogP contribution in [0.1, 0.15) is 54.9 Å². The van der Waals surface area contributed by atoms with E-state index in [2.05, 4.69) is 76.2 Å². The van der Waals surface area contributed by atoms with Gasteiger partial charge >= 0.3 is 0 Å². The summed E-state index contributed by atoms with van der Waals surface area (Å²) in [6, 6.07) is 17.9. The summed E-state index contributed by atoms with van der Waals surface area (Å²) in [6.45, 7) is 9.05. The molecule has 2 aromatic rings. The Morgan fingerprint density at radius 1 is 0.900 bits per heavy atom. The maximum absolute atomic E-state index is 2.39. The van der Waals surface area contributed by atoms with Gasteiger partial charge in [-0.3, -0.25) is 0 Å². The zero-order chi connectivity index (χ0) is 14.5. The summed E-state index contributed by atoms with van der Waals surface area (Å²) in [4.78, 5) is 0. The molecule has 0 aliphatic carbocycles. The highest BCUT2D eigenvalue weighted by Crippen LogP contribution is 2.36. The molecule has 0 aliphatic rings. The molecule has 2 rings (SSSR count). The van der Waals surface area contributed by atoms with Gasteiger partial charge < -0.3 is 0 Å². The van der Waals surface area contributed by atoms with Crippen LogP contribution in [0.25, 0.3) is 0 Å². The lowest BCUT2D eigenvalue weighted by Gasteiger charge is -2.26. The highest BCUT2D eigenvalue weighted by molar-refractivity contribution is 5.38. The monoisotopic (exact) mass is 266 g/mol. The van der Waals surface area contributed by atoms with Crippen LogP contribution in [0.4, 0.5) is 0 Å². The van der Waals surface area contributed by atoms with Gasteiger partial charge in [-0.15, -0.1) is 0 Å². The van der Waals surface area contributed by atoms with Crippen LogP contribution in [0.3, 0.4) is 0 Å². The third-order valence-electron chi connectivity index (χ3n) is 4.27. The minimum absolute atomic E-state index is 0.511. The summed E-state index contributed by atoms with van der Waals surface area (Å²) >= 11 is 0. The van der Waals surface area contributed by atoms with Crippen LogP contribution in [0.15, 0.2) is 48.5 Å². The average molecular weight is 266 g/mol. The largest absolute Gasteiger partial charge is 0.0654 e. The van der Waals surface area contributed by atoms with E-state index in [0.29, 0.717) is 11.8 Å². The van der Waals surface area contributed by atoms with Gasteiger partial charge in [0.05, 0.1) is 0 Å². The zero-order valence-electron chi connectivity index (χ0n) is 13.2. The summed E-state index contributed by atoms with van der Waals surface area (Å²) in [7, 11) is 0. The van der Waals surface area contributed by atoms with E-state index in [1.807, 2.05) is 0 Å². The van der Waals surface area contributed by atoms with Gasteiger partial charge in [0.2, 0.25) is 0 Å². The van der Waals surface area contributed by atoms with Crippen molar-refractivity contribution in [2.75, 3.05) is 0 Å². The molecule has 2 atom stereocenters. The van der Waals surface area contributed by atoms with Crippen LogP contribution in [0.2, 0.25) is 0 Å². The molecule has 0 nitrogen and oxygen atoms in total. The van der Waals surface area contributed by atoms with Crippen molar-refractivity contribution < 1.29 is 0 Å². The highest BCUT2D eigenvalue weighted by atomic mass is 14.3. The smallest absolute Gasteiger partial charge is 0.0118 e. The van der Waals surface area contributed by atoms with Gasteiger partial charge in [-0.05, 0) is 36.5 Å². The standard InChI is InChI=1S/C20H26/c1-5-8-17(4)20(18-13-11-15(2)12-14-18)19-10-7-6-9-16(19)3/h6-7,9-14,17,20H,5,8H2,1-4H3. The van der Waals surface area contributed by atoms with Crippen molar-refractivity contribution in [3.8, 4) is 0 Å². The second-order valence-corrected chi connectivity index (χ2v) is 6.01. The molecule has 2 unspecified atom stereocenters. The summed E-state index contributed by atoms with van der Waals surface area (Å²) in [6.07, 6.45) is 2.52. The molecule has 2 aromatic carbocycles. The van der Waals surface area contributed by atoms with Crippen LogP contribution >= 0.6 is 0 Å². The Bertz CT molecular complexity index is 536. The molecule has 0 heteroatoms. The number of hydrogen-bond donors (Lipinski definition) is 0. The molecule has 0 aliphatic heterocycles. The third-order valence-corrected chi connectivity index (χ3v) is 4.27. The molecule has 0 bridgehead atoms. The Balaban J connectivity index is 2.44. The van der Waals surface area contributed by atoms with Crippen molar-refractivity contribution in [2.45, 2.75) is 46.5 Å². The Morgan fingerprint density at radius 3 is 2.15 bits per heavy atom. The lowest BCUT2D eigenvalue weighted by molar-refractivity contribution is 0.467. The molecule has 0 amide bonds. The number of benzene rings is 2. The molecule has 0 saturated carbocycles. The van der Waals surface area contributed by atoms with Crippen LogP contribution in [-0.2, 0) is 0 Å². The van der Waals surface area contributed by atoms with Gasteiger partial charge in [-0.1, -0.05) is 80.8 Å². The van der Waals surface area contributed by atoms with E-state index in [1.54, 1.807) is 0 Å². The Labute approximate surface area is 123 Å². The molecular weight excluding hydrogens is 240 g/mol. The predicted molar refractivity (Wildman–Crippen MR) is 88.3 cm³/mol. The van der Waals surface area contributed by atoms with E-state index in [1.165, 1.54) is 35.1 Å². The highest BCUT2D eigenvalue weighted by Gasteiger charge is 2.21. The first-order chi connectivity index (χ1) is 9.63. The SMILES string of the molecule is CCCC(C)C(c1ccc(C)cc1)c1ccccc1C. The van der Waals surface area contributed by atoms with Crippen molar-refractivity contribution in [3.05, 3.63) is 70.8 Å². The summed E-state index contributed by atoms with van der Waals surface area (Å²) < 4.78 is 0. The van der Waals surface area contributed by atoms with Crippen LogP contribution < -0.4 is 0 Å². The van der Waals surface area contributed by atoms with Gasteiger partial charge in [0.25, 0.3) is 0 Å². The summed E-state index contributed by atoms with van der Waals surface area (Å²) in [5.41, 5.74) is 5.67. The summed E-state index contributed by atoms with van der Waals surface area (Å²) in [5, 5.41) is 0. The molecule has 106 valence electrons. The first-order valence-electron chi connectivity index (χ1n) is 7.75. The molecule has 0 saturated heterocycles. The fourth-order valence-electron chi connectivity index (χ4n) is 3.15.